The molecule has 7 heteroatoms. The summed E-state index contributed by atoms with van der Waals surface area (Å²) in [4.78, 5) is 0. The molecule has 0 saturated carbocycles. The van der Waals surface area contributed by atoms with Crippen molar-refractivity contribution in [2.45, 2.75) is 0 Å². The summed E-state index contributed by atoms with van der Waals surface area (Å²) in [6.45, 7) is 0.274. The smallest absolute Gasteiger partial charge is 0.210 e. The largest absolute Gasteiger partial charge is 0.368 e. The molecule has 0 fully saturated rings. The predicted molar refractivity (Wildman–Crippen MR) is 49.7 cm³/mol. The minimum atomic E-state index is -3.38. The Labute approximate surface area is 76.8 Å². The first-order valence-corrected chi connectivity index (χ1v) is 5.43. The number of nitrogens with two attached hydrogens (primary N) is 1. The van der Waals surface area contributed by atoms with Gasteiger partial charge >= 0.3 is 0 Å². The first kappa shape index (κ1) is 10.0. The van der Waals surface area contributed by atoms with Gasteiger partial charge in [-0.15, -0.1) is 0 Å². The van der Waals surface area contributed by atoms with Gasteiger partial charge in [-0.2, -0.15) is 5.10 Å². The Morgan fingerprint density at radius 2 is 2.38 bits per heavy atom. The summed E-state index contributed by atoms with van der Waals surface area (Å²) in [5.74, 6) is 0.551. The molecule has 13 heavy (non-hydrogen) atoms. The van der Waals surface area contributed by atoms with Gasteiger partial charge in [-0.25, -0.2) is 13.6 Å². The zero-order chi connectivity index (χ0) is 9.90. The summed E-state index contributed by atoms with van der Waals surface area (Å²) in [5.41, 5.74) is 0. The van der Waals surface area contributed by atoms with Crippen LogP contribution in [0, 0.1) is 0 Å². The normalized spacial score (nSPS) is 11.5. The van der Waals surface area contributed by atoms with Crippen molar-refractivity contribution in [1.29, 1.82) is 0 Å². The second kappa shape index (κ2) is 3.75. The zero-order valence-electron chi connectivity index (χ0n) is 7.27. The summed E-state index contributed by atoms with van der Waals surface area (Å²) >= 11 is 0. The molecule has 1 heterocycles. The highest BCUT2D eigenvalue weighted by Gasteiger charge is 2.02. The summed E-state index contributed by atoms with van der Waals surface area (Å²) in [7, 11) is -1.60. The quantitative estimate of drug-likeness (QED) is 0.666. The summed E-state index contributed by atoms with van der Waals surface area (Å²) in [6.07, 6.45) is 1.76. The van der Waals surface area contributed by atoms with E-state index in [2.05, 4.69) is 10.4 Å². The first-order chi connectivity index (χ1) is 5.97. The van der Waals surface area contributed by atoms with Crippen molar-refractivity contribution in [2.75, 3.05) is 17.6 Å². The molecule has 0 unspecified atom stereocenters. The minimum Gasteiger partial charge on any atom is -0.368 e. The lowest BCUT2D eigenvalue weighted by Gasteiger charge is -2.00. The van der Waals surface area contributed by atoms with E-state index in [1.165, 1.54) is 0 Å². The number of anilines is 1. The highest BCUT2D eigenvalue weighted by Crippen LogP contribution is 1.99. The number of hydrogen-bond acceptors (Lipinski definition) is 4. The van der Waals surface area contributed by atoms with E-state index in [9.17, 15) is 8.42 Å². The number of rotatable bonds is 4. The molecule has 1 aromatic heterocycles. The SMILES string of the molecule is Cn1ccc(NCCS(N)(=O)=O)n1. The topological polar surface area (TPSA) is 90.0 Å². The number of nitrogens with zero attached hydrogens (tertiary/aromatic N) is 2. The molecule has 0 bridgehead atoms. The molecular weight excluding hydrogens is 192 g/mol. The molecule has 1 aromatic rings. The molecule has 0 radical (unpaired) electrons. The van der Waals surface area contributed by atoms with Gasteiger partial charge in [0.05, 0.1) is 5.75 Å². The van der Waals surface area contributed by atoms with E-state index in [1.54, 1.807) is 24.0 Å². The van der Waals surface area contributed by atoms with E-state index in [-0.39, 0.29) is 12.3 Å². The molecule has 0 saturated heterocycles. The number of hydrogen-bond donors (Lipinski definition) is 2. The van der Waals surface area contributed by atoms with Crippen molar-refractivity contribution in [1.82, 2.24) is 9.78 Å². The van der Waals surface area contributed by atoms with Crippen LogP contribution >= 0.6 is 0 Å². The third kappa shape index (κ3) is 3.90. The van der Waals surface area contributed by atoms with Crippen LogP contribution < -0.4 is 10.5 Å². The average Bonchev–Trinajstić information content (AvgIpc) is 2.33. The van der Waals surface area contributed by atoms with Crippen LogP contribution in [-0.4, -0.2) is 30.5 Å². The van der Waals surface area contributed by atoms with Crippen molar-refractivity contribution in [3.8, 4) is 0 Å². The van der Waals surface area contributed by atoms with Crippen LogP contribution in [0.3, 0.4) is 0 Å². The van der Waals surface area contributed by atoms with Crippen LogP contribution in [0.1, 0.15) is 0 Å². The van der Waals surface area contributed by atoms with Crippen molar-refractivity contribution in [2.24, 2.45) is 12.2 Å². The Morgan fingerprint density at radius 1 is 1.69 bits per heavy atom. The van der Waals surface area contributed by atoms with Crippen LogP contribution in [0.15, 0.2) is 12.3 Å². The fourth-order valence-electron chi connectivity index (χ4n) is 0.831. The molecule has 74 valence electrons. The van der Waals surface area contributed by atoms with Gasteiger partial charge in [0.15, 0.2) is 0 Å². The van der Waals surface area contributed by atoms with E-state index in [0.717, 1.165) is 0 Å². The maximum atomic E-state index is 10.5. The molecule has 6 nitrogen and oxygen atoms in total. The zero-order valence-corrected chi connectivity index (χ0v) is 8.08. The third-order valence-electron chi connectivity index (χ3n) is 1.41. The van der Waals surface area contributed by atoms with Gasteiger partial charge in [-0.1, -0.05) is 0 Å². The predicted octanol–water partition coefficient (Wildman–Crippen LogP) is -0.879. The highest BCUT2D eigenvalue weighted by molar-refractivity contribution is 7.89. The monoisotopic (exact) mass is 204 g/mol. The number of nitrogens with one attached hydrogen (secondary N) is 1. The lowest BCUT2D eigenvalue weighted by atomic mass is 10.6. The van der Waals surface area contributed by atoms with Crippen molar-refractivity contribution in [3.63, 3.8) is 0 Å². The number of primary sulfonamides is 1. The van der Waals surface area contributed by atoms with E-state index in [4.69, 9.17) is 5.14 Å². The lowest BCUT2D eigenvalue weighted by molar-refractivity contribution is 0.598. The van der Waals surface area contributed by atoms with Crippen LogP contribution in [0.4, 0.5) is 5.82 Å². The fraction of sp³-hybridized carbons (Fsp3) is 0.500. The van der Waals surface area contributed by atoms with Gasteiger partial charge < -0.3 is 5.32 Å². The summed E-state index contributed by atoms with van der Waals surface area (Å²) < 4.78 is 22.7. The Balaban J connectivity index is 2.36. The second-order valence-electron chi connectivity index (χ2n) is 2.67. The van der Waals surface area contributed by atoms with E-state index >= 15 is 0 Å². The highest BCUT2D eigenvalue weighted by atomic mass is 32.2. The van der Waals surface area contributed by atoms with Gasteiger partial charge in [0.1, 0.15) is 5.82 Å². The van der Waals surface area contributed by atoms with Gasteiger partial charge in [0.2, 0.25) is 10.0 Å². The molecule has 3 N–H and O–H groups in total. The van der Waals surface area contributed by atoms with Crippen molar-refractivity contribution < 1.29 is 8.42 Å². The molecule has 0 atom stereocenters. The van der Waals surface area contributed by atoms with Crippen LogP contribution in [-0.2, 0) is 17.1 Å². The maximum Gasteiger partial charge on any atom is 0.210 e. The molecular formula is C6H12N4O2S. The maximum absolute atomic E-state index is 10.5. The molecule has 0 aliphatic heterocycles. The van der Waals surface area contributed by atoms with Crippen LogP contribution in [0.25, 0.3) is 0 Å². The Kier molecular flexibility index (Phi) is 2.89. The minimum absolute atomic E-state index is 0.0937. The average molecular weight is 204 g/mol. The molecule has 0 spiro atoms. The molecule has 0 aromatic carbocycles. The van der Waals surface area contributed by atoms with E-state index < -0.39 is 10.0 Å². The Morgan fingerprint density at radius 3 is 2.85 bits per heavy atom. The van der Waals surface area contributed by atoms with Crippen molar-refractivity contribution in [3.05, 3.63) is 12.3 Å². The molecule has 0 aliphatic rings. The third-order valence-corrected chi connectivity index (χ3v) is 2.18. The van der Waals surface area contributed by atoms with Gasteiger partial charge in [-0.05, 0) is 0 Å². The second-order valence-corrected chi connectivity index (χ2v) is 4.40. The summed E-state index contributed by atoms with van der Waals surface area (Å²) in [5, 5.41) is 11.6. The number of sulfonamides is 1. The van der Waals surface area contributed by atoms with E-state index in [1.807, 2.05) is 0 Å². The molecule has 0 aliphatic carbocycles. The Bertz CT molecular complexity index is 370. The van der Waals surface area contributed by atoms with Crippen molar-refractivity contribution >= 4 is 15.8 Å². The molecule has 1 rings (SSSR count). The lowest BCUT2D eigenvalue weighted by Crippen LogP contribution is -2.22. The Hall–Kier alpha value is -1.08. The van der Waals surface area contributed by atoms with Crippen LogP contribution in [0.5, 0.6) is 0 Å². The number of aromatic nitrogens is 2. The first-order valence-electron chi connectivity index (χ1n) is 3.71. The fourth-order valence-corrected chi connectivity index (χ4v) is 1.22. The van der Waals surface area contributed by atoms with Gasteiger partial charge in [0.25, 0.3) is 0 Å². The van der Waals surface area contributed by atoms with Gasteiger partial charge in [0, 0.05) is 25.9 Å². The molecule has 0 amide bonds. The number of aryl methyl sites for hydroxylation is 1. The van der Waals surface area contributed by atoms with Crippen LogP contribution in [0.2, 0.25) is 0 Å². The van der Waals surface area contributed by atoms with Gasteiger partial charge in [-0.3, -0.25) is 4.68 Å². The summed E-state index contributed by atoms with van der Waals surface area (Å²) in [6, 6.07) is 1.75. The van der Waals surface area contributed by atoms with E-state index in [0.29, 0.717) is 5.82 Å². The standard InChI is InChI=1S/C6H12N4O2S/c1-10-4-2-6(9-10)8-3-5-13(7,11)12/h2,4H,3,5H2,1H3,(H,8,9)(H2,7,11,12).